The number of hydrogen-bond acceptors (Lipinski definition) is 6. The number of amides is 2. The fraction of sp³-hybridized carbons (Fsp3) is 0.583. The van der Waals surface area contributed by atoms with Gasteiger partial charge in [0.25, 0.3) is 5.82 Å². The maximum atomic E-state index is 13.1. The number of nitrogens with zero attached hydrogens (tertiary/aromatic N) is 3. The molecule has 0 saturated carbocycles. The molecular weight excluding hydrogens is 424 g/mol. The monoisotopic (exact) mass is 459 g/mol. The van der Waals surface area contributed by atoms with E-state index in [0.717, 1.165) is 25.9 Å². The molecule has 1 fully saturated rings. The van der Waals surface area contributed by atoms with Gasteiger partial charge in [-0.3, -0.25) is 4.79 Å². The first-order chi connectivity index (χ1) is 15.5. The lowest BCUT2D eigenvalue weighted by Crippen LogP contribution is -2.60. The first-order valence-corrected chi connectivity index (χ1v) is 11.4. The number of ether oxygens (including phenoxy) is 1. The van der Waals surface area contributed by atoms with Gasteiger partial charge in [0.05, 0.1) is 18.7 Å². The number of likely N-dealkylation sites (tertiary alicyclic amines) is 1. The summed E-state index contributed by atoms with van der Waals surface area (Å²) >= 11 is 0. The standard InChI is InChI=1S/C24H34N4O5/c1-15(2)19(21(29)27-11-7-8-12-27)26-13-16-9-10-25-20-18(16)17(22(30)33-6)14-28(20,23(31)32)24(3,4)5/h9-10,14-15,19,26H,7-8,11-13H2,1-6H3/p+1/t19-,28?/m1/s1. The summed E-state index contributed by atoms with van der Waals surface area (Å²) < 4.78 is 4.36. The van der Waals surface area contributed by atoms with Crippen molar-refractivity contribution in [3.05, 3.63) is 29.6 Å². The fourth-order valence-electron chi connectivity index (χ4n) is 4.69. The Morgan fingerprint density at radius 2 is 1.88 bits per heavy atom. The van der Waals surface area contributed by atoms with Gasteiger partial charge in [-0.05, 0) is 51.2 Å². The second-order valence-corrected chi connectivity index (χ2v) is 10.0. The molecule has 2 aliphatic rings. The highest BCUT2D eigenvalue weighted by Gasteiger charge is 2.57. The Bertz CT molecular complexity index is 976. The van der Waals surface area contributed by atoms with Crippen molar-refractivity contribution in [3.8, 4) is 0 Å². The van der Waals surface area contributed by atoms with Crippen LogP contribution in [0.5, 0.6) is 0 Å². The molecular formula is C24H35N4O5+. The molecule has 2 aliphatic heterocycles. The molecule has 9 nitrogen and oxygen atoms in total. The van der Waals surface area contributed by atoms with Crippen molar-refractivity contribution in [2.75, 3.05) is 20.2 Å². The van der Waals surface area contributed by atoms with E-state index in [1.165, 1.54) is 13.3 Å². The summed E-state index contributed by atoms with van der Waals surface area (Å²) in [7, 11) is 1.27. The molecule has 33 heavy (non-hydrogen) atoms. The summed E-state index contributed by atoms with van der Waals surface area (Å²) in [5, 5.41) is 13.6. The van der Waals surface area contributed by atoms with Crippen LogP contribution in [0.3, 0.4) is 0 Å². The van der Waals surface area contributed by atoms with Gasteiger partial charge in [-0.1, -0.05) is 13.8 Å². The Morgan fingerprint density at radius 3 is 2.39 bits per heavy atom. The van der Waals surface area contributed by atoms with Crippen molar-refractivity contribution in [1.29, 1.82) is 0 Å². The van der Waals surface area contributed by atoms with Gasteiger partial charge < -0.3 is 20.1 Å². The molecule has 1 aromatic rings. The smallest absolute Gasteiger partial charge is 0.465 e. The lowest BCUT2D eigenvalue weighted by atomic mass is 9.99. The number of carboxylic acid groups (broad SMARTS) is 1. The van der Waals surface area contributed by atoms with Crippen LogP contribution in [0.1, 0.15) is 58.6 Å². The Morgan fingerprint density at radius 1 is 1.24 bits per heavy atom. The Balaban J connectivity index is 2.03. The highest BCUT2D eigenvalue weighted by atomic mass is 16.5. The SMILES string of the molecule is COC(=O)C1=C[N+](C(=O)O)(C(C)(C)C)c2nccc(CN[C@@H](C(=O)N3CCCC3)C(C)C)c21. The highest BCUT2D eigenvalue weighted by molar-refractivity contribution is 6.21. The maximum absolute atomic E-state index is 13.1. The second kappa shape index (κ2) is 9.23. The van der Waals surface area contributed by atoms with Gasteiger partial charge in [-0.2, -0.15) is 4.79 Å². The molecule has 0 radical (unpaired) electrons. The summed E-state index contributed by atoms with van der Waals surface area (Å²) in [6.07, 6.45) is 3.88. The average molecular weight is 460 g/mol. The van der Waals surface area contributed by atoms with Crippen LogP contribution in [0.2, 0.25) is 0 Å². The summed E-state index contributed by atoms with van der Waals surface area (Å²) in [5.41, 5.74) is 0.496. The number of pyridine rings is 1. The summed E-state index contributed by atoms with van der Waals surface area (Å²) in [6, 6.07) is 1.37. The van der Waals surface area contributed by atoms with E-state index in [4.69, 9.17) is 4.74 Å². The van der Waals surface area contributed by atoms with Crippen LogP contribution in [-0.2, 0) is 20.9 Å². The molecule has 3 rings (SSSR count). The molecule has 0 spiro atoms. The third kappa shape index (κ3) is 4.27. The minimum atomic E-state index is -1.13. The molecule has 0 aromatic carbocycles. The van der Waals surface area contributed by atoms with Gasteiger partial charge in [-0.15, -0.1) is 4.48 Å². The molecule has 2 N–H and O–H groups in total. The van der Waals surface area contributed by atoms with Crippen molar-refractivity contribution in [2.24, 2.45) is 5.92 Å². The Hall–Kier alpha value is -2.78. The van der Waals surface area contributed by atoms with Gasteiger partial charge in [0.2, 0.25) is 5.91 Å². The second-order valence-electron chi connectivity index (χ2n) is 10.0. The lowest BCUT2D eigenvalue weighted by molar-refractivity contribution is -0.134. The third-order valence-corrected chi connectivity index (χ3v) is 6.57. The molecule has 1 unspecified atom stereocenters. The van der Waals surface area contributed by atoms with Gasteiger partial charge in [-0.25, -0.2) is 9.78 Å². The van der Waals surface area contributed by atoms with E-state index in [1.54, 1.807) is 33.0 Å². The number of fused-ring (bicyclic) bond motifs is 1. The molecule has 3 heterocycles. The molecule has 2 amide bonds. The van der Waals surface area contributed by atoms with Gasteiger partial charge >= 0.3 is 12.1 Å². The molecule has 180 valence electrons. The molecule has 0 bridgehead atoms. The summed E-state index contributed by atoms with van der Waals surface area (Å²) in [6.45, 7) is 11.2. The van der Waals surface area contributed by atoms with Crippen LogP contribution in [0.25, 0.3) is 5.57 Å². The predicted molar refractivity (Wildman–Crippen MR) is 125 cm³/mol. The molecule has 9 heteroatoms. The quantitative estimate of drug-likeness (QED) is 0.497. The van der Waals surface area contributed by atoms with E-state index < -0.39 is 22.1 Å². The summed E-state index contributed by atoms with van der Waals surface area (Å²) in [5.74, 6) is -0.222. The maximum Gasteiger partial charge on any atom is 0.525 e. The van der Waals surface area contributed by atoms with Gasteiger partial charge in [0.15, 0.2) is 0 Å². The van der Waals surface area contributed by atoms with Crippen LogP contribution in [-0.4, -0.2) is 64.7 Å². The molecule has 1 aromatic heterocycles. The topological polar surface area (TPSA) is 109 Å². The van der Waals surface area contributed by atoms with Crippen molar-refractivity contribution >= 4 is 29.4 Å². The fourth-order valence-corrected chi connectivity index (χ4v) is 4.69. The van der Waals surface area contributed by atoms with E-state index in [0.29, 0.717) is 11.1 Å². The number of hydrogen-bond donors (Lipinski definition) is 2. The Labute approximate surface area is 195 Å². The van der Waals surface area contributed by atoms with Crippen molar-refractivity contribution in [3.63, 3.8) is 0 Å². The zero-order valence-electron chi connectivity index (χ0n) is 20.3. The van der Waals surface area contributed by atoms with E-state index >= 15 is 0 Å². The van der Waals surface area contributed by atoms with E-state index in [9.17, 15) is 19.5 Å². The highest BCUT2D eigenvalue weighted by Crippen LogP contribution is 2.46. The van der Waals surface area contributed by atoms with Crippen LogP contribution < -0.4 is 9.80 Å². The number of carbonyl (C=O) groups excluding carboxylic acids is 2. The van der Waals surface area contributed by atoms with Crippen molar-refractivity contribution in [1.82, 2.24) is 19.7 Å². The van der Waals surface area contributed by atoms with Crippen LogP contribution in [0.4, 0.5) is 10.6 Å². The number of rotatable bonds is 6. The third-order valence-electron chi connectivity index (χ3n) is 6.57. The first kappa shape index (κ1) is 24.9. The predicted octanol–water partition coefficient (Wildman–Crippen LogP) is 3.13. The van der Waals surface area contributed by atoms with Crippen LogP contribution >= 0.6 is 0 Å². The largest absolute Gasteiger partial charge is 0.525 e. The van der Waals surface area contributed by atoms with Crippen molar-refractivity contribution < 1.29 is 24.2 Å². The number of nitrogens with one attached hydrogen (secondary N) is 1. The number of quaternary nitrogens is 1. The molecule has 2 atom stereocenters. The zero-order valence-corrected chi connectivity index (χ0v) is 20.3. The normalized spacial score (nSPS) is 21.1. The minimum Gasteiger partial charge on any atom is -0.465 e. The zero-order chi connectivity index (χ0) is 24.6. The first-order valence-electron chi connectivity index (χ1n) is 11.4. The molecule has 1 saturated heterocycles. The average Bonchev–Trinajstić information content (AvgIpc) is 3.39. The number of methoxy groups -OCH3 is 1. The van der Waals surface area contributed by atoms with E-state index in [-0.39, 0.29) is 35.8 Å². The minimum absolute atomic E-state index is 0.0621. The van der Waals surface area contributed by atoms with Gasteiger partial charge in [0.1, 0.15) is 17.3 Å². The van der Waals surface area contributed by atoms with Crippen LogP contribution in [0.15, 0.2) is 18.5 Å². The Kier molecular flexibility index (Phi) is 6.95. The van der Waals surface area contributed by atoms with E-state index in [2.05, 4.69) is 10.3 Å². The van der Waals surface area contributed by atoms with Gasteiger partial charge in [0, 0.05) is 25.8 Å². The van der Waals surface area contributed by atoms with Crippen LogP contribution in [0, 0.1) is 5.92 Å². The summed E-state index contributed by atoms with van der Waals surface area (Å²) in [4.78, 5) is 44.6. The number of esters is 1. The lowest BCUT2D eigenvalue weighted by Gasteiger charge is -2.37. The number of aromatic nitrogens is 1. The molecule has 0 aliphatic carbocycles. The van der Waals surface area contributed by atoms with Crippen molar-refractivity contribution in [2.45, 2.75) is 65.6 Å². The number of carbonyl (C=O) groups is 3. The van der Waals surface area contributed by atoms with E-state index in [1.807, 2.05) is 18.7 Å².